The van der Waals surface area contributed by atoms with E-state index < -0.39 is 0 Å². The molecule has 0 atom stereocenters. The Morgan fingerprint density at radius 1 is 1.21 bits per heavy atom. The van der Waals surface area contributed by atoms with Crippen LogP contribution in [0.25, 0.3) is 0 Å². The molecule has 0 aliphatic carbocycles. The third-order valence-electron chi connectivity index (χ3n) is 3.21. The highest BCUT2D eigenvalue weighted by molar-refractivity contribution is 5.48. The molecule has 0 unspecified atom stereocenters. The van der Waals surface area contributed by atoms with Crippen LogP contribution in [0.5, 0.6) is 0 Å². The van der Waals surface area contributed by atoms with E-state index >= 15 is 0 Å². The third kappa shape index (κ3) is 3.28. The maximum Gasteiger partial charge on any atom is 0.0825 e. The van der Waals surface area contributed by atoms with Crippen LogP contribution in [0.4, 0.5) is 11.4 Å². The lowest BCUT2D eigenvalue weighted by molar-refractivity contribution is 0.653. The Kier molecular flexibility index (Phi) is 4.10. The molecule has 0 aliphatic heterocycles. The first-order valence-corrected chi connectivity index (χ1v) is 6.64. The summed E-state index contributed by atoms with van der Waals surface area (Å²) in [4.78, 5) is 2.10. The summed E-state index contributed by atoms with van der Waals surface area (Å²) in [6.07, 6.45) is 2.06. The molecular weight excluding hydrogens is 236 g/mol. The second kappa shape index (κ2) is 5.78. The van der Waals surface area contributed by atoms with Gasteiger partial charge >= 0.3 is 0 Å². The molecule has 0 saturated carbocycles. The highest BCUT2D eigenvalue weighted by Crippen LogP contribution is 2.16. The van der Waals surface area contributed by atoms with Crippen molar-refractivity contribution in [2.75, 3.05) is 24.3 Å². The molecule has 0 bridgehead atoms. The van der Waals surface area contributed by atoms with Crippen LogP contribution in [0.3, 0.4) is 0 Å². The van der Waals surface area contributed by atoms with Gasteiger partial charge in [-0.25, -0.2) is 0 Å². The van der Waals surface area contributed by atoms with Crippen LogP contribution in [-0.4, -0.2) is 23.9 Å². The largest absolute Gasteiger partial charge is 0.378 e. The summed E-state index contributed by atoms with van der Waals surface area (Å²) >= 11 is 0. The Labute approximate surface area is 115 Å². The molecule has 102 valence electrons. The number of rotatable bonds is 5. The van der Waals surface area contributed by atoms with E-state index in [1.165, 1.54) is 11.3 Å². The van der Waals surface area contributed by atoms with Gasteiger partial charge in [0.05, 0.1) is 11.4 Å². The van der Waals surface area contributed by atoms with E-state index in [9.17, 15) is 0 Å². The lowest BCUT2D eigenvalue weighted by atomic mass is 10.2. The van der Waals surface area contributed by atoms with Gasteiger partial charge in [-0.3, -0.25) is 4.68 Å². The first-order chi connectivity index (χ1) is 9.10. The minimum atomic E-state index is 0.823. The Morgan fingerprint density at radius 3 is 2.42 bits per heavy atom. The van der Waals surface area contributed by atoms with Gasteiger partial charge < -0.3 is 10.2 Å². The Hall–Kier alpha value is -1.97. The highest BCUT2D eigenvalue weighted by Gasteiger charge is 2.03. The predicted molar refractivity (Wildman–Crippen MR) is 80.7 cm³/mol. The number of nitrogens with one attached hydrogen (secondary N) is 1. The summed E-state index contributed by atoms with van der Waals surface area (Å²) in [6, 6.07) is 8.59. The lowest BCUT2D eigenvalue weighted by Gasteiger charge is -2.13. The van der Waals surface area contributed by atoms with E-state index in [1.807, 2.05) is 11.6 Å². The van der Waals surface area contributed by atoms with Gasteiger partial charge in [-0.05, 0) is 31.5 Å². The Morgan fingerprint density at radius 2 is 1.89 bits per heavy atom. The van der Waals surface area contributed by atoms with Crippen LogP contribution < -0.4 is 10.2 Å². The van der Waals surface area contributed by atoms with E-state index in [4.69, 9.17) is 0 Å². The average Bonchev–Trinajstić information content (AvgIpc) is 2.77. The van der Waals surface area contributed by atoms with E-state index in [-0.39, 0.29) is 0 Å². The second-order valence-electron chi connectivity index (χ2n) is 4.90. The number of hydrogen-bond donors (Lipinski definition) is 1. The average molecular weight is 258 g/mol. The van der Waals surface area contributed by atoms with Crippen molar-refractivity contribution in [2.24, 2.45) is 0 Å². The molecule has 19 heavy (non-hydrogen) atoms. The van der Waals surface area contributed by atoms with Crippen LogP contribution >= 0.6 is 0 Å². The van der Waals surface area contributed by atoms with Crippen molar-refractivity contribution in [1.82, 2.24) is 9.78 Å². The molecular formula is C15H22N4. The number of benzene rings is 1. The van der Waals surface area contributed by atoms with Gasteiger partial charge in [0.15, 0.2) is 0 Å². The summed E-state index contributed by atoms with van der Waals surface area (Å²) in [5.41, 5.74) is 4.65. The van der Waals surface area contributed by atoms with E-state index in [2.05, 4.69) is 66.8 Å². The summed E-state index contributed by atoms with van der Waals surface area (Å²) in [5.74, 6) is 0. The van der Waals surface area contributed by atoms with Crippen molar-refractivity contribution in [3.05, 3.63) is 41.7 Å². The molecule has 1 heterocycles. The fourth-order valence-electron chi connectivity index (χ4n) is 1.96. The molecule has 1 N–H and O–H groups in total. The molecule has 2 aromatic rings. The molecule has 4 nitrogen and oxygen atoms in total. The van der Waals surface area contributed by atoms with Crippen molar-refractivity contribution >= 4 is 11.4 Å². The first-order valence-electron chi connectivity index (χ1n) is 6.64. The standard InChI is InChI=1S/C15H22N4/c1-5-19-11-15(12(2)17-19)16-10-13-6-8-14(9-7-13)18(3)4/h6-9,11,16H,5,10H2,1-4H3. The molecule has 4 heteroatoms. The van der Waals surface area contributed by atoms with Gasteiger partial charge in [0.25, 0.3) is 0 Å². The molecule has 0 fully saturated rings. The van der Waals surface area contributed by atoms with Gasteiger partial charge in [0.2, 0.25) is 0 Å². The van der Waals surface area contributed by atoms with Crippen molar-refractivity contribution in [3.63, 3.8) is 0 Å². The minimum Gasteiger partial charge on any atom is -0.378 e. The van der Waals surface area contributed by atoms with Gasteiger partial charge in [0.1, 0.15) is 0 Å². The SMILES string of the molecule is CCn1cc(NCc2ccc(N(C)C)cc2)c(C)n1. The normalized spacial score (nSPS) is 10.5. The molecule has 0 amide bonds. The zero-order chi connectivity index (χ0) is 13.8. The summed E-state index contributed by atoms with van der Waals surface area (Å²) < 4.78 is 1.95. The fourth-order valence-corrected chi connectivity index (χ4v) is 1.96. The molecule has 2 rings (SSSR count). The van der Waals surface area contributed by atoms with Crippen LogP contribution in [0, 0.1) is 6.92 Å². The van der Waals surface area contributed by atoms with E-state index in [0.29, 0.717) is 0 Å². The first kappa shape index (κ1) is 13.5. The fraction of sp³-hybridized carbons (Fsp3) is 0.400. The van der Waals surface area contributed by atoms with Crippen LogP contribution in [0.1, 0.15) is 18.2 Å². The topological polar surface area (TPSA) is 33.1 Å². The maximum absolute atomic E-state index is 4.43. The van der Waals surface area contributed by atoms with Crippen molar-refractivity contribution < 1.29 is 0 Å². The number of aryl methyl sites for hydroxylation is 2. The molecule has 0 spiro atoms. The summed E-state index contributed by atoms with van der Waals surface area (Å²) in [6.45, 7) is 5.85. The molecule has 1 aromatic carbocycles. The predicted octanol–water partition coefficient (Wildman–Crippen LogP) is 2.89. The maximum atomic E-state index is 4.43. The molecule has 1 aromatic heterocycles. The van der Waals surface area contributed by atoms with Crippen molar-refractivity contribution in [1.29, 1.82) is 0 Å². The molecule has 0 radical (unpaired) electrons. The number of anilines is 2. The molecule has 0 saturated heterocycles. The van der Waals surface area contributed by atoms with Gasteiger partial charge in [-0.15, -0.1) is 0 Å². The highest BCUT2D eigenvalue weighted by atomic mass is 15.3. The zero-order valence-electron chi connectivity index (χ0n) is 12.1. The third-order valence-corrected chi connectivity index (χ3v) is 3.21. The summed E-state index contributed by atoms with van der Waals surface area (Å²) in [7, 11) is 4.10. The summed E-state index contributed by atoms with van der Waals surface area (Å²) in [5, 5.41) is 7.86. The van der Waals surface area contributed by atoms with Gasteiger partial charge in [-0.2, -0.15) is 5.10 Å². The van der Waals surface area contributed by atoms with Crippen LogP contribution in [-0.2, 0) is 13.1 Å². The Balaban J connectivity index is 1.99. The zero-order valence-corrected chi connectivity index (χ0v) is 12.1. The number of nitrogens with zero attached hydrogens (tertiary/aromatic N) is 3. The van der Waals surface area contributed by atoms with Crippen molar-refractivity contribution in [2.45, 2.75) is 26.9 Å². The minimum absolute atomic E-state index is 0.823. The molecule has 0 aliphatic rings. The smallest absolute Gasteiger partial charge is 0.0825 e. The van der Waals surface area contributed by atoms with E-state index in [0.717, 1.165) is 24.5 Å². The van der Waals surface area contributed by atoms with E-state index in [1.54, 1.807) is 0 Å². The van der Waals surface area contributed by atoms with Gasteiger partial charge in [-0.1, -0.05) is 12.1 Å². The van der Waals surface area contributed by atoms with Crippen molar-refractivity contribution in [3.8, 4) is 0 Å². The van der Waals surface area contributed by atoms with Crippen LogP contribution in [0.15, 0.2) is 30.5 Å². The van der Waals surface area contributed by atoms with Gasteiger partial charge in [0, 0.05) is 39.1 Å². The quantitative estimate of drug-likeness (QED) is 0.895. The number of hydrogen-bond acceptors (Lipinski definition) is 3. The number of aromatic nitrogens is 2. The second-order valence-corrected chi connectivity index (χ2v) is 4.90. The lowest BCUT2D eigenvalue weighted by Crippen LogP contribution is -2.08. The van der Waals surface area contributed by atoms with Crippen LogP contribution in [0.2, 0.25) is 0 Å². The monoisotopic (exact) mass is 258 g/mol. The Bertz CT molecular complexity index is 526.